The summed E-state index contributed by atoms with van der Waals surface area (Å²) in [7, 11) is -1.16. The van der Waals surface area contributed by atoms with Crippen molar-refractivity contribution >= 4 is 43.1 Å². The third-order valence-corrected chi connectivity index (χ3v) is 7.27. The van der Waals surface area contributed by atoms with Gasteiger partial charge in [0, 0.05) is 22.8 Å². The fourth-order valence-electron chi connectivity index (χ4n) is 4.43. The Hall–Kier alpha value is -3.84. The minimum Gasteiger partial charge on any atom is -0.541 e. The van der Waals surface area contributed by atoms with Gasteiger partial charge in [-0.25, -0.2) is 0 Å². The quantitative estimate of drug-likeness (QED) is 0.188. The third-order valence-electron chi connectivity index (χ3n) is 6.66. The molecule has 0 aliphatic carbocycles. The van der Waals surface area contributed by atoms with Crippen LogP contribution in [-0.2, 0) is 11.8 Å². The number of carbonyl (C=O) groups is 2. The molecular formula is C32H38N3O3Si. The highest BCUT2D eigenvalue weighted by Gasteiger charge is 2.22. The number of anilines is 2. The Morgan fingerprint density at radius 3 is 2.26 bits per heavy atom. The van der Waals surface area contributed by atoms with Crippen molar-refractivity contribution < 1.29 is 14.0 Å². The lowest BCUT2D eigenvalue weighted by atomic mass is 9.86. The van der Waals surface area contributed by atoms with Crippen LogP contribution in [0.25, 0.3) is 10.9 Å². The molecule has 0 saturated heterocycles. The molecule has 1 radical (unpaired) electrons. The lowest BCUT2D eigenvalue weighted by Gasteiger charge is -2.22. The van der Waals surface area contributed by atoms with E-state index in [0.717, 1.165) is 41.3 Å². The molecule has 0 aliphatic heterocycles. The van der Waals surface area contributed by atoms with Crippen molar-refractivity contribution in [2.75, 3.05) is 10.6 Å². The largest absolute Gasteiger partial charge is 0.541 e. The fraction of sp³-hybridized carbons (Fsp3) is 0.312. The fourth-order valence-corrected chi connectivity index (χ4v) is 5.07. The molecule has 4 aromatic rings. The Bertz CT molecular complexity index is 1470. The SMILES string of the molecule is CCCCc1ccc(NC(=O)c2ccc3cc[nH]c3c2)c(NC(=O)c2ccc(C(C)(C)C)cc2)c1O[Si](C)C. The van der Waals surface area contributed by atoms with E-state index in [0.29, 0.717) is 28.3 Å². The number of aromatic amines is 1. The molecule has 7 heteroatoms. The summed E-state index contributed by atoms with van der Waals surface area (Å²) in [6, 6.07) is 19.0. The summed E-state index contributed by atoms with van der Waals surface area (Å²) in [4.78, 5) is 30.0. The second-order valence-corrected chi connectivity index (χ2v) is 13.1. The van der Waals surface area contributed by atoms with E-state index in [1.54, 1.807) is 6.07 Å². The lowest BCUT2D eigenvalue weighted by Crippen LogP contribution is -2.21. The maximum Gasteiger partial charge on any atom is 0.274 e. The maximum atomic E-state index is 13.5. The number of nitrogens with one attached hydrogen (secondary N) is 3. The number of amides is 2. The maximum absolute atomic E-state index is 13.5. The molecule has 3 N–H and O–H groups in total. The molecule has 0 atom stereocenters. The molecule has 1 aromatic heterocycles. The topological polar surface area (TPSA) is 83.2 Å². The van der Waals surface area contributed by atoms with E-state index in [4.69, 9.17) is 4.43 Å². The van der Waals surface area contributed by atoms with Gasteiger partial charge in [-0.3, -0.25) is 9.59 Å². The van der Waals surface area contributed by atoms with E-state index in [-0.39, 0.29) is 17.2 Å². The van der Waals surface area contributed by atoms with Crippen molar-refractivity contribution in [3.8, 4) is 5.75 Å². The van der Waals surface area contributed by atoms with Crippen LogP contribution in [0.4, 0.5) is 11.4 Å². The summed E-state index contributed by atoms with van der Waals surface area (Å²) in [5, 5.41) is 7.16. The molecule has 0 unspecified atom stereocenters. The predicted molar refractivity (Wildman–Crippen MR) is 163 cm³/mol. The van der Waals surface area contributed by atoms with Gasteiger partial charge < -0.3 is 20.0 Å². The van der Waals surface area contributed by atoms with E-state index >= 15 is 0 Å². The molecule has 4 rings (SSSR count). The van der Waals surface area contributed by atoms with Crippen LogP contribution in [0.15, 0.2) is 66.9 Å². The molecule has 3 aromatic carbocycles. The molecule has 2 amide bonds. The van der Waals surface area contributed by atoms with E-state index in [9.17, 15) is 9.59 Å². The van der Waals surface area contributed by atoms with Crippen LogP contribution in [0.3, 0.4) is 0 Å². The van der Waals surface area contributed by atoms with Crippen molar-refractivity contribution in [1.82, 2.24) is 4.98 Å². The van der Waals surface area contributed by atoms with Gasteiger partial charge in [-0.05, 0) is 84.3 Å². The van der Waals surface area contributed by atoms with Gasteiger partial charge in [0.05, 0.1) is 5.69 Å². The second-order valence-electron chi connectivity index (χ2n) is 11.1. The number of unbranched alkanes of at least 4 members (excludes halogenated alkanes) is 1. The van der Waals surface area contributed by atoms with Gasteiger partial charge in [0.25, 0.3) is 20.9 Å². The number of hydrogen-bond donors (Lipinski definition) is 3. The number of aromatic nitrogens is 1. The van der Waals surface area contributed by atoms with Crippen LogP contribution < -0.4 is 15.1 Å². The number of hydrogen-bond acceptors (Lipinski definition) is 3. The van der Waals surface area contributed by atoms with Gasteiger partial charge in [0.1, 0.15) is 11.4 Å². The summed E-state index contributed by atoms with van der Waals surface area (Å²) in [5.41, 5.74) is 5.12. The zero-order valence-electron chi connectivity index (χ0n) is 23.7. The van der Waals surface area contributed by atoms with E-state index in [1.807, 2.05) is 60.8 Å². The third kappa shape index (κ3) is 6.78. The Kier molecular flexibility index (Phi) is 8.60. The number of benzene rings is 3. The molecule has 0 fully saturated rings. The van der Waals surface area contributed by atoms with Crippen LogP contribution in [0.1, 0.15) is 72.4 Å². The standard InChI is InChI=1S/C32H38N3O3Si/c1-7-8-9-22-14-17-26(34-31(37)24-11-10-21-18-19-33-27(21)20-24)28(29(22)38-39(5)6)35-30(36)23-12-15-25(16-13-23)32(2,3)4/h10-20,33H,7-9H2,1-6H3,(H,34,37)(H,35,36). The first-order valence-corrected chi connectivity index (χ1v) is 15.9. The van der Waals surface area contributed by atoms with Crippen molar-refractivity contribution in [1.29, 1.82) is 0 Å². The first-order chi connectivity index (χ1) is 18.6. The summed E-state index contributed by atoms with van der Waals surface area (Å²) < 4.78 is 6.38. The lowest BCUT2D eigenvalue weighted by molar-refractivity contribution is 0.101. The van der Waals surface area contributed by atoms with Crippen LogP contribution >= 0.6 is 0 Å². The van der Waals surface area contributed by atoms with Crippen molar-refractivity contribution in [2.45, 2.75) is 65.5 Å². The number of rotatable bonds is 9. The van der Waals surface area contributed by atoms with Crippen molar-refractivity contribution in [3.05, 3.63) is 89.1 Å². The number of H-pyrrole nitrogens is 1. The first-order valence-electron chi connectivity index (χ1n) is 13.5. The van der Waals surface area contributed by atoms with Crippen molar-refractivity contribution in [3.63, 3.8) is 0 Å². The smallest absolute Gasteiger partial charge is 0.274 e. The number of fused-ring (bicyclic) bond motifs is 1. The monoisotopic (exact) mass is 540 g/mol. The van der Waals surface area contributed by atoms with E-state index in [2.05, 4.69) is 56.4 Å². The normalized spacial score (nSPS) is 11.6. The minimum atomic E-state index is -1.16. The summed E-state index contributed by atoms with van der Waals surface area (Å²) in [6.07, 6.45) is 4.70. The van der Waals surface area contributed by atoms with Crippen LogP contribution in [0.5, 0.6) is 5.75 Å². The molecule has 1 heterocycles. The number of carbonyl (C=O) groups excluding carboxylic acids is 2. The van der Waals surface area contributed by atoms with Gasteiger partial charge in [-0.15, -0.1) is 0 Å². The van der Waals surface area contributed by atoms with Gasteiger partial charge in [0.15, 0.2) is 0 Å². The van der Waals surface area contributed by atoms with E-state index < -0.39 is 9.04 Å². The minimum absolute atomic E-state index is 0.00905. The zero-order valence-corrected chi connectivity index (χ0v) is 24.7. The molecule has 0 bridgehead atoms. The predicted octanol–water partition coefficient (Wildman–Crippen LogP) is 7.94. The summed E-state index contributed by atoms with van der Waals surface area (Å²) in [6.45, 7) is 12.7. The van der Waals surface area contributed by atoms with Gasteiger partial charge in [-0.2, -0.15) is 0 Å². The highest BCUT2D eigenvalue weighted by Crippen LogP contribution is 2.38. The van der Waals surface area contributed by atoms with Gasteiger partial charge >= 0.3 is 0 Å². The highest BCUT2D eigenvalue weighted by atomic mass is 28.3. The van der Waals surface area contributed by atoms with Crippen LogP contribution in [0, 0.1) is 0 Å². The van der Waals surface area contributed by atoms with Crippen LogP contribution in [-0.4, -0.2) is 25.8 Å². The second kappa shape index (κ2) is 11.9. The Balaban J connectivity index is 1.72. The Labute approximate surface area is 232 Å². The number of aryl methyl sites for hydroxylation is 1. The highest BCUT2D eigenvalue weighted by molar-refractivity contribution is 6.49. The van der Waals surface area contributed by atoms with Crippen LogP contribution in [0.2, 0.25) is 13.1 Å². The van der Waals surface area contributed by atoms with Crippen molar-refractivity contribution in [2.24, 2.45) is 0 Å². The molecule has 0 aliphatic rings. The summed E-state index contributed by atoms with van der Waals surface area (Å²) in [5.74, 6) is 0.124. The molecule has 0 spiro atoms. The Morgan fingerprint density at radius 1 is 0.897 bits per heavy atom. The molecular weight excluding hydrogens is 502 g/mol. The average molecular weight is 541 g/mol. The molecule has 39 heavy (non-hydrogen) atoms. The molecule has 203 valence electrons. The molecule has 0 saturated carbocycles. The Morgan fingerprint density at radius 2 is 1.59 bits per heavy atom. The first kappa shape index (κ1) is 28.2. The van der Waals surface area contributed by atoms with Gasteiger partial charge in [0.2, 0.25) is 0 Å². The zero-order chi connectivity index (χ0) is 28.2. The summed E-state index contributed by atoms with van der Waals surface area (Å²) >= 11 is 0. The van der Waals surface area contributed by atoms with Gasteiger partial charge in [-0.1, -0.05) is 58.4 Å². The molecule has 6 nitrogen and oxygen atoms in total. The van der Waals surface area contributed by atoms with E-state index in [1.165, 1.54) is 0 Å². The average Bonchev–Trinajstić information content (AvgIpc) is 3.37.